The number of aryl methyl sites for hydroxylation is 2. The molecule has 1 aromatic heterocycles. The van der Waals surface area contributed by atoms with Gasteiger partial charge in [-0.15, -0.1) is 0 Å². The smallest absolute Gasteiger partial charge is 0.0625 e. The summed E-state index contributed by atoms with van der Waals surface area (Å²) >= 11 is 0. The molecule has 1 aliphatic heterocycles. The van der Waals surface area contributed by atoms with E-state index in [1.165, 1.54) is 11.4 Å². The van der Waals surface area contributed by atoms with Gasteiger partial charge in [0.05, 0.1) is 17.9 Å². The Bertz CT molecular complexity index is 365. The number of hydrazine groups is 1. The van der Waals surface area contributed by atoms with Crippen LogP contribution in [0.4, 0.5) is 0 Å². The number of nitrogens with one attached hydrogen (secondary N) is 1. The van der Waals surface area contributed by atoms with E-state index >= 15 is 0 Å². The minimum Gasteiger partial charge on any atom is -0.304 e. The van der Waals surface area contributed by atoms with Crippen LogP contribution < -0.4 is 5.43 Å². The summed E-state index contributed by atoms with van der Waals surface area (Å²) in [6.07, 6.45) is 1.01. The van der Waals surface area contributed by atoms with Gasteiger partial charge in [-0.3, -0.25) is 4.68 Å². The van der Waals surface area contributed by atoms with Gasteiger partial charge in [0, 0.05) is 32.7 Å². The van der Waals surface area contributed by atoms with E-state index in [0.29, 0.717) is 0 Å². The van der Waals surface area contributed by atoms with Crippen molar-refractivity contribution in [3.8, 4) is 0 Å². The highest BCUT2D eigenvalue weighted by Crippen LogP contribution is 2.06. The first-order valence-electron chi connectivity index (χ1n) is 6.95. The lowest BCUT2D eigenvalue weighted by molar-refractivity contribution is 0.101. The predicted molar refractivity (Wildman–Crippen MR) is 73.2 cm³/mol. The number of aromatic nitrogens is 2. The monoisotopic (exact) mass is 251 g/mol. The van der Waals surface area contributed by atoms with Crippen LogP contribution in [0.3, 0.4) is 0 Å². The van der Waals surface area contributed by atoms with E-state index in [1.54, 1.807) is 0 Å². The van der Waals surface area contributed by atoms with Gasteiger partial charge in [0.25, 0.3) is 0 Å². The molecule has 0 aliphatic carbocycles. The van der Waals surface area contributed by atoms with Gasteiger partial charge in [-0.2, -0.15) is 5.10 Å². The molecule has 5 heteroatoms. The Hall–Kier alpha value is -0.910. The molecule has 0 saturated carbocycles. The van der Waals surface area contributed by atoms with Crippen LogP contribution in [0.1, 0.15) is 25.2 Å². The van der Waals surface area contributed by atoms with Crippen molar-refractivity contribution < 1.29 is 0 Å². The largest absolute Gasteiger partial charge is 0.304 e. The van der Waals surface area contributed by atoms with Crippen LogP contribution in [0, 0.1) is 0 Å². The van der Waals surface area contributed by atoms with Crippen molar-refractivity contribution in [3.05, 3.63) is 17.5 Å². The van der Waals surface area contributed by atoms with Gasteiger partial charge in [0.15, 0.2) is 0 Å². The molecule has 18 heavy (non-hydrogen) atoms. The summed E-state index contributed by atoms with van der Waals surface area (Å²) in [5.41, 5.74) is 5.99. The lowest BCUT2D eigenvalue weighted by Gasteiger charge is -2.32. The minimum absolute atomic E-state index is 0.880. The molecule has 0 unspecified atom stereocenters. The fraction of sp³-hybridized carbons (Fsp3) is 0.769. The zero-order valence-corrected chi connectivity index (χ0v) is 11.8. The highest BCUT2D eigenvalue weighted by Gasteiger charge is 2.14. The summed E-state index contributed by atoms with van der Waals surface area (Å²) in [5, 5.41) is 6.89. The molecule has 0 spiro atoms. The molecule has 1 aliphatic rings. The lowest BCUT2D eigenvalue weighted by Crippen LogP contribution is -2.50. The van der Waals surface area contributed by atoms with Crippen LogP contribution in [0.2, 0.25) is 0 Å². The molecule has 0 bridgehead atoms. The van der Waals surface area contributed by atoms with Crippen molar-refractivity contribution >= 4 is 0 Å². The zero-order valence-electron chi connectivity index (χ0n) is 11.8. The maximum Gasteiger partial charge on any atom is 0.0625 e. The van der Waals surface area contributed by atoms with E-state index in [2.05, 4.69) is 52.1 Å². The van der Waals surface area contributed by atoms with Gasteiger partial charge in [-0.25, -0.2) is 10.4 Å². The minimum atomic E-state index is 0.880. The van der Waals surface area contributed by atoms with E-state index in [-0.39, 0.29) is 0 Å². The Kier molecular flexibility index (Phi) is 4.74. The molecule has 1 N–H and O–H groups in total. The van der Waals surface area contributed by atoms with E-state index in [1.807, 2.05) is 0 Å². The predicted octanol–water partition coefficient (Wildman–Crippen LogP) is 0.717. The summed E-state index contributed by atoms with van der Waals surface area (Å²) < 4.78 is 2.10. The Balaban J connectivity index is 1.87. The van der Waals surface area contributed by atoms with Crippen molar-refractivity contribution in [2.45, 2.75) is 33.4 Å². The van der Waals surface area contributed by atoms with E-state index in [9.17, 15) is 0 Å². The molecule has 2 rings (SSSR count). The van der Waals surface area contributed by atoms with E-state index in [0.717, 1.165) is 45.7 Å². The number of hydrogen-bond acceptors (Lipinski definition) is 4. The highest BCUT2D eigenvalue weighted by molar-refractivity contribution is 5.10. The van der Waals surface area contributed by atoms with Gasteiger partial charge >= 0.3 is 0 Å². The summed E-state index contributed by atoms with van der Waals surface area (Å²) in [6, 6.07) is 2.21. The second kappa shape index (κ2) is 6.31. The third-order valence-corrected chi connectivity index (χ3v) is 3.56. The summed E-state index contributed by atoms with van der Waals surface area (Å²) in [5.74, 6) is 0. The maximum absolute atomic E-state index is 4.57. The van der Waals surface area contributed by atoms with Crippen LogP contribution in [0.15, 0.2) is 6.07 Å². The van der Waals surface area contributed by atoms with Gasteiger partial charge < -0.3 is 4.90 Å². The van der Waals surface area contributed by atoms with Crippen molar-refractivity contribution in [2.75, 3.05) is 33.2 Å². The highest BCUT2D eigenvalue weighted by atomic mass is 15.5. The SMILES string of the molecule is CCc1cc(CNN2CCN(C)CC2)n(CC)n1. The summed E-state index contributed by atoms with van der Waals surface area (Å²) in [4.78, 5) is 2.36. The van der Waals surface area contributed by atoms with E-state index < -0.39 is 0 Å². The third kappa shape index (κ3) is 3.31. The number of piperazine rings is 1. The Morgan fingerprint density at radius 3 is 2.56 bits per heavy atom. The molecule has 0 atom stereocenters. The molecule has 0 amide bonds. The van der Waals surface area contributed by atoms with Gasteiger partial charge in [0.1, 0.15) is 0 Å². The average Bonchev–Trinajstić information content (AvgIpc) is 2.80. The summed E-state index contributed by atoms with van der Waals surface area (Å²) in [7, 11) is 2.18. The molecule has 0 aromatic carbocycles. The van der Waals surface area contributed by atoms with Crippen molar-refractivity contribution in [1.82, 2.24) is 25.1 Å². The molecule has 1 saturated heterocycles. The average molecular weight is 251 g/mol. The first-order chi connectivity index (χ1) is 8.72. The quantitative estimate of drug-likeness (QED) is 0.836. The van der Waals surface area contributed by atoms with Crippen molar-refractivity contribution in [2.24, 2.45) is 0 Å². The van der Waals surface area contributed by atoms with Gasteiger partial charge in [-0.1, -0.05) is 6.92 Å². The maximum atomic E-state index is 4.57. The normalized spacial score (nSPS) is 18.4. The molecule has 5 nitrogen and oxygen atoms in total. The molecular weight excluding hydrogens is 226 g/mol. The Morgan fingerprint density at radius 2 is 1.94 bits per heavy atom. The van der Waals surface area contributed by atoms with Crippen molar-refractivity contribution in [1.29, 1.82) is 0 Å². The molecule has 0 radical (unpaired) electrons. The molecule has 2 heterocycles. The van der Waals surface area contributed by atoms with Crippen LogP contribution >= 0.6 is 0 Å². The Labute approximate surface area is 110 Å². The van der Waals surface area contributed by atoms with Crippen molar-refractivity contribution in [3.63, 3.8) is 0 Å². The standard InChI is InChI=1S/C13H25N5/c1-4-12-10-13(18(5-2)15-12)11-14-17-8-6-16(3)7-9-17/h10,14H,4-9,11H2,1-3H3. The van der Waals surface area contributed by atoms with Gasteiger partial charge in [-0.05, 0) is 26.5 Å². The number of likely N-dealkylation sites (N-methyl/N-ethyl adjacent to an activating group) is 1. The summed E-state index contributed by atoms with van der Waals surface area (Å²) in [6.45, 7) is 10.6. The lowest BCUT2D eigenvalue weighted by atomic mass is 10.3. The first kappa shape index (κ1) is 13.5. The molecule has 1 aromatic rings. The first-order valence-corrected chi connectivity index (χ1v) is 6.95. The number of nitrogens with zero attached hydrogens (tertiary/aromatic N) is 4. The Morgan fingerprint density at radius 1 is 1.22 bits per heavy atom. The third-order valence-electron chi connectivity index (χ3n) is 3.56. The van der Waals surface area contributed by atoms with Crippen LogP contribution in [-0.4, -0.2) is 52.9 Å². The van der Waals surface area contributed by atoms with E-state index in [4.69, 9.17) is 0 Å². The van der Waals surface area contributed by atoms with Crippen LogP contribution in [-0.2, 0) is 19.5 Å². The second-order valence-electron chi connectivity index (χ2n) is 4.92. The fourth-order valence-corrected chi connectivity index (χ4v) is 2.26. The second-order valence-corrected chi connectivity index (χ2v) is 4.92. The van der Waals surface area contributed by atoms with Crippen LogP contribution in [0.5, 0.6) is 0 Å². The fourth-order valence-electron chi connectivity index (χ4n) is 2.26. The number of rotatable bonds is 5. The zero-order chi connectivity index (χ0) is 13.0. The van der Waals surface area contributed by atoms with Gasteiger partial charge in [0.2, 0.25) is 0 Å². The van der Waals surface area contributed by atoms with Crippen LogP contribution in [0.25, 0.3) is 0 Å². The molecular formula is C13H25N5. The molecule has 1 fully saturated rings. The topological polar surface area (TPSA) is 36.3 Å². The molecule has 102 valence electrons. The number of hydrogen-bond donors (Lipinski definition) is 1.